The van der Waals surface area contributed by atoms with Crippen molar-refractivity contribution in [3.63, 3.8) is 0 Å². The lowest BCUT2D eigenvalue weighted by atomic mass is 10.1. The number of anilines is 1. The van der Waals surface area contributed by atoms with Crippen LogP contribution in [0.5, 0.6) is 0 Å². The lowest BCUT2D eigenvalue weighted by molar-refractivity contribution is 0.328. The van der Waals surface area contributed by atoms with Crippen LogP contribution in [-0.4, -0.2) is 20.6 Å². The summed E-state index contributed by atoms with van der Waals surface area (Å²) in [6.07, 6.45) is -0.580. The fraction of sp³-hybridized carbons (Fsp3) is 0.455. The molecule has 0 bridgehead atoms. The molecular weight excluding hydrogens is 179 g/mol. The number of para-hydroxylation sites is 1. The number of halogens is 1. The van der Waals surface area contributed by atoms with Crippen molar-refractivity contribution in [3.05, 3.63) is 29.8 Å². The average molecular weight is 196 g/mol. The third kappa shape index (κ3) is 2.45. The number of nitrogens with zero attached hydrogens (tertiary/aromatic N) is 1. The van der Waals surface area contributed by atoms with Gasteiger partial charge in [0.1, 0.15) is 6.17 Å². The normalized spacial score (nSPS) is 12.6. The Hall–Kier alpha value is -1.09. The molecule has 1 atom stereocenters. The van der Waals surface area contributed by atoms with E-state index in [0.717, 1.165) is 11.3 Å². The van der Waals surface area contributed by atoms with Gasteiger partial charge in [-0.15, -0.1) is 0 Å². The maximum Gasteiger partial charge on any atom is 0.128 e. The van der Waals surface area contributed by atoms with Gasteiger partial charge in [0.25, 0.3) is 0 Å². The van der Waals surface area contributed by atoms with Crippen LogP contribution in [0.25, 0.3) is 0 Å². The molecule has 0 saturated heterocycles. The third-order valence-corrected chi connectivity index (χ3v) is 2.18. The van der Waals surface area contributed by atoms with Gasteiger partial charge in [-0.3, -0.25) is 0 Å². The highest BCUT2D eigenvalue weighted by Gasteiger charge is 2.13. The van der Waals surface area contributed by atoms with Crippen molar-refractivity contribution >= 4 is 5.69 Å². The molecule has 0 aliphatic carbocycles. The smallest absolute Gasteiger partial charge is 0.128 e. The Kier molecular flexibility index (Phi) is 3.89. The van der Waals surface area contributed by atoms with E-state index in [0.29, 0.717) is 13.0 Å². The molecule has 0 aliphatic rings. The predicted molar refractivity (Wildman–Crippen MR) is 58.3 cm³/mol. The summed E-state index contributed by atoms with van der Waals surface area (Å²) >= 11 is 0. The van der Waals surface area contributed by atoms with Gasteiger partial charge in [-0.1, -0.05) is 18.2 Å². The van der Waals surface area contributed by atoms with Crippen molar-refractivity contribution < 1.29 is 4.39 Å². The highest BCUT2D eigenvalue weighted by Crippen LogP contribution is 2.29. The minimum atomic E-state index is -0.960. The third-order valence-electron chi connectivity index (χ3n) is 2.18. The lowest BCUT2D eigenvalue weighted by Gasteiger charge is -2.19. The Labute approximate surface area is 84.5 Å². The van der Waals surface area contributed by atoms with Crippen molar-refractivity contribution in [2.75, 3.05) is 25.5 Å². The maximum absolute atomic E-state index is 13.6. The van der Waals surface area contributed by atoms with E-state index in [-0.39, 0.29) is 0 Å². The largest absolute Gasteiger partial charge is 0.377 e. The molecule has 14 heavy (non-hydrogen) atoms. The number of rotatable bonds is 4. The molecule has 1 rings (SSSR count). The molecule has 1 aromatic rings. The Morgan fingerprint density at radius 3 is 2.57 bits per heavy atom. The summed E-state index contributed by atoms with van der Waals surface area (Å²) in [5, 5.41) is 0. The second-order valence-corrected chi connectivity index (χ2v) is 3.50. The van der Waals surface area contributed by atoms with E-state index in [9.17, 15) is 4.39 Å². The van der Waals surface area contributed by atoms with Crippen LogP contribution < -0.4 is 10.6 Å². The van der Waals surface area contributed by atoms with Crippen LogP contribution in [0, 0.1) is 0 Å². The zero-order valence-corrected chi connectivity index (χ0v) is 8.70. The summed E-state index contributed by atoms with van der Waals surface area (Å²) in [6, 6.07) is 7.49. The summed E-state index contributed by atoms with van der Waals surface area (Å²) in [5.41, 5.74) is 6.99. The van der Waals surface area contributed by atoms with Gasteiger partial charge in [0.2, 0.25) is 0 Å². The van der Waals surface area contributed by atoms with Crippen LogP contribution in [0.4, 0.5) is 10.1 Å². The molecule has 1 unspecified atom stereocenters. The summed E-state index contributed by atoms with van der Waals surface area (Å²) in [7, 11) is 3.82. The maximum atomic E-state index is 13.6. The number of alkyl halides is 1. The molecule has 0 aliphatic heterocycles. The predicted octanol–water partition coefficient (Wildman–Crippen LogP) is 2.11. The minimum Gasteiger partial charge on any atom is -0.377 e. The van der Waals surface area contributed by atoms with Gasteiger partial charge < -0.3 is 10.6 Å². The molecule has 0 aromatic heterocycles. The van der Waals surface area contributed by atoms with Gasteiger partial charge in [-0.05, 0) is 19.0 Å². The van der Waals surface area contributed by atoms with Crippen LogP contribution in [0.1, 0.15) is 18.2 Å². The molecule has 0 heterocycles. The number of nitrogens with two attached hydrogens (primary N) is 1. The second-order valence-electron chi connectivity index (χ2n) is 3.50. The van der Waals surface area contributed by atoms with Gasteiger partial charge >= 0.3 is 0 Å². The van der Waals surface area contributed by atoms with Gasteiger partial charge in [-0.25, -0.2) is 4.39 Å². The SMILES string of the molecule is CN(C)c1ccccc1C(F)CCN. The minimum absolute atomic E-state index is 0.378. The molecule has 0 saturated carbocycles. The zero-order valence-electron chi connectivity index (χ0n) is 8.70. The Balaban J connectivity index is 2.94. The van der Waals surface area contributed by atoms with Crippen molar-refractivity contribution in [2.45, 2.75) is 12.6 Å². The molecular formula is C11H17FN2. The first kappa shape index (κ1) is 11.0. The van der Waals surface area contributed by atoms with Crippen molar-refractivity contribution in [3.8, 4) is 0 Å². The van der Waals surface area contributed by atoms with Gasteiger partial charge in [0, 0.05) is 25.3 Å². The first-order valence-corrected chi connectivity index (χ1v) is 4.77. The highest BCUT2D eigenvalue weighted by molar-refractivity contribution is 5.53. The van der Waals surface area contributed by atoms with Crippen LogP contribution in [-0.2, 0) is 0 Å². The Morgan fingerprint density at radius 2 is 2.00 bits per heavy atom. The monoisotopic (exact) mass is 196 g/mol. The first-order valence-electron chi connectivity index (χ1n) is 4.77. The van der Waals surface area contributed by atoms with Crippen molar-refractivity contribution in [1.82, 2.24) is 0 Å². The van der Waals surface area contributed by atoms with E-state index in [1.165, 1.54) is 0 Å². The van der Waals surface area contributed by atoms with E-state index in [1.54, 1.807) is 0 Å². The quantitative estimate of drug-likeness (QED) is 0.799. The topological polar surface area (TPSA) is 29.3 Å². The zero-order chi connectivity index (χ0) is 10.6. The number of benzene rings is 1. The van der Waals surface area contributed by atoms with Gasteiger partial charge in [0.05, 0.1) is 0 Å². The molecule has 0 radical (unpaired) electrons. The van der Waals surface area contributed by atoms with Crippen LogP contribution >= 0.6 is 0 Å². The van der Waals surface area contributed by atoms with E-state index >= 15 is 0 Å². The van der Waals surface area contributed by atoms with Crippen LogP contribution in [0.2, 0.25) is 0 Å². The molecule has 0 fully saturated rings. The fourth-order valence-corrected chi connectivity index (χ4v) is 1.46. The van der Waals surface area contributed by atoms with E-state index < -0.39 is 6.17 Å². The average Bonchev–Trinajstić information content (AvgIpc) is 2.18. The van der Waals surface area contributed by atoms with Crippen LogP contribution in [0.15, 0.2) is 24.3 Å². The molecule has 0 spiro atoms. The molecule has 2 N–H and O–H groups in total. The van der Waals surface area contributed by atoms with Crippen molar-refractivity contribution in [1.29, 1.82) is 0 Å². The van der Waals surface area contributed by atoms with E-state index in [2.05, 4.69) is 0 Å². The lowest BCUT2D eigenvalue weighted by Crippen LogP contribution is -2.13. The van der Waals surface area contributed by atoms with E-state index in [1.807, 2.05) is 43.3 Å². The molecule has 1 aromatic carbocycles. The van der Waals surface area contributed by atoms with Gasteiger partial charge in [0.15, 0.2) is 0 Å². The number of hydrogen-bond acceptors (Lipinski definition) is 2. The number of hydrogen-bond donors (Lipinski definition) is 1. The molecule has 78 valence electrons. The summed E-state index contributed by atoms with van der Waals surface area (Å²) in [4.78, 5) is 1.92. The van der Waals surface area contributed by atoms with Crippen molar-refractivity contribution in [2.24, 2.45) is 5.73 Å². The van der Waals surface area contributed by atoms with Gasteiger partial charge in [-0.2, -0.15) is 0 Å². The van der Waals surface area contributed by atoms with E-state index in [4.69, 9.17) is 5.73 Å². The highest BCUT2D eigenvalue weighted by atomic mass is 19.1. The summed E-state index contributed by atoms with van der Waals surface area (Å²) in [5.74, 6) is 0. The second kappa shape index (κ2) is 4.96. The standard InChI is InChI=1S/C11H17FN2/c1-14(2)11-6-4-3-5-9(11)10(12)7-8-13/h3-6,10H,7-8,13H2,1-2H3. The summed E-state index contributed by atoms with van der Waals surface area (Å²) < 4.78 is 13.6. The molecule has 2 nitrogen and oxygen atoms in total. The Morgan fingerprint density at radius 1 is 1.36 bits per heavy atom. The fourth-order valence-electron chi connectivity index (χ4n) is 1.46. The molecule has 0 amide bonds. The summed E-state index contributed by atoms with van der Waals surface area (Å²) in [6.45, 7) is 0.378. The Bertz CT molecular complexity index is 286. The molecule has 3 heteroatoms. The van der Waals surface area contributed by atoms with Crippen LogP contribution in [0.3, 0.4) is 0 Å². The first-order chi connectivity index (χ1) is 6.66.